The quantitative estimate of drug-likeness (QED) is 0.888. The van der Waals surface area contributed by atoms with Crippen LogP contribution in [0, 0.1) is 0 Å². The van der Waals surface area contributed by atoms with Gasteiger partial charge in [-0.25, -0.2) is 4.98 Å². The fourth-order valence-corrected chi connectivity index (χ4v) is 3.28. The molecule has 1 N–H and O–H groups in total. The van der Waals surface area contributed by atoms with E-state index >= 15 is 0 Å². The topological polar surface area (TPSA) is 47.0 Å². The molecule has 1 aliphatic carbocycles. The van der Waals surface area contributed by atoms with Gasteiger partial charge in [0.1, 0.15) is 0 Å². The fourth-order valence-electron chi connectivity index (χ4n) is 2.35. The van der Waals surface area contributed by atoms with Gasteiger partial charge in [0.2, 0.25) is 11.8 Å². The Labute approximate surface area is 113 Å². The largest absolute Gasteiger partial charge is 0.478 e. The van der Waals surface area contributed by atoms with Crippen LogP contribution in [0.3, 0.4) is 0 Å². The van der Waals surface area contributed by atoms with Crippen LogP contribution in [0.1, 0.15) is 32.6 Å². The van der Waals surface area contributed by atoms with Gasteiger partial charge in [-0.1, -0.05) is 12.8 Å². The summed E-state index contributed by atoms with van der Waals surface area (Å²) in [5.74, 6) is 1.33. The summed E-state index contributed by atoms with van der Waals surface area (Å²) in [5, 5.41) is 4.12. The molecule has 4 nitrogen and oxygen atoms in total. The predicted molar refractivity (Wildman–Crippen MR) is 76.4 cm³/mol. The van der Waals surface area contributed by atoms with Gasteiger partial charge in [-0.3, -0.25) is 0 Å². The van der Waals surface area contributed by atoms with Crippen LogP contribution in [-0.2, 0) is 0 Å². The zero-order valence-corrected chi connectivity index (χ0v) is 11.9. The Hall–Kier alpha value is -0.970. The summed E-state index contributed by atoms with van der Waals surface area (Å²) in [7, 11) is 0. The second-order valence-corrected chi connectivity index (χ2v) is 5.54. The lowest BCUT2D eigenvalue weighted by Crippen LogP contribution is -2.34. The van der Waals surface area contributed by atoms with Crippen molar-refractivity contribution in [1.29, 1.82) is 0 Å². The average molecular weight is 267 g/mol. The van der Waals surface area contributed by atoms with Crippen LogP contribution in [0.4, 0.5) is 5.95 Å². The maximum absolute atomic E-state index is 5.39. The van der Waals surface area contributed by atoms with Crippen molar-refractivity contribution in [3.63, 3.8) is 0 Å². The van der Waals surface area contributed by atoms with E-state index in [0.29, 0.717) is 29.7 Å². The van der Waals surface area contributed by atoms with Gasteiger partial charge in [-0.15, -0.1) is 0 Å². The van der Waals surface area contributed by atoms with E-state index < -0.39 is 0 Å². The SMILES string of the molecule is CCOc1ccnc(NC2CCCCC2SC)n1. The highest BCUT2D eigenvalue weighted by molar-refractivity contribution is 7.99. The Kier molecular flexibility index (Phi) is 5.11. The number of nitrogens with one attached hydrogen (secondary N) is 1. The number of anilines is 1. The van der Waals surface area contributed by atoms with E-state index in [1.807, 2.05) is 18.7 Å². The second kappa shape index (κ2) is 6.83. The molecule has 2 rings (SSSR count). The molecule has 1 aliphatic rings. The molecule has 1 saturated carbocycles. The minimum absolute atomic E-state index is 0.477. The summed E-state index contributed by atoms with van der Waals surface area (Å²) in [5.41, 5.74) is 0. The normalized spacial score (nSPS) is 23.7. The van der Waals surface area contributed by atoms with E-state index in [1.165, 1.54) is 25.7 Å². The van der Waals surface area contributed by atoms with E-state index in [0.717, 1.165) is 0 Å². The lowest BCUT2D eigenvalue weighted by molar-refractivity contribution is 0.326. The van der Waals surface area contributed by atoms with Crippen LogP contribution < -0.4 is 10.1 Å². The average Bonchev–Trinajstić information content (AvgIpc) is 2.40. The van der Waals surface area contributed by atoms with Gasteiger partial charge in [0, 0.05) is 23.6 Å². The Bertz CT molecular complexity index is 375. The summed E-state index contributed by atoms with van der Waals surface area (Å²) in [6, 6.07) is 2.27. The van der Waals surface area contributed by atoms with Crippen molar-refractivity contribution >= 4 is 17.7 Å². The minimum Gasteiger partial charge on any atom is -0.478 e. The van der Waals surface area contributed by atoms with Gasteiger partial charge in [-0.2, -0.15) is 16.7 Å². The van der Waals surface area contributed by atoms with Crippen molar-refractivity contribution in [1.82, 2.24) is 9.97 Å². The van der Waals surface area contributed by atoms with Crippen molar-refractivity contribution in [2.75, 3.05) is 18.2 Å². The van der Waals surface area contributed by atoms with Gasteiger partial charge < -0.3 is 10.1 Å². The molecular weight excluding hydrogens is 246 g/mol. The molecule has 5 heteroatoms. The molecule has 1 aromatic heterocycles. The highest BCUT2D eigenvalue weighted by atomic mass is 32.2. The van der Waals surface area contributed by atoms with Crippen LogP contribution in [0.15, 0.2) is 12.3 Å². The van der Waals surface area contributed by atoms with Gasteiger partial charge >= 0.3 is 0 Å². The molecule has 0 amide bonds. The molecule has 18 heavy (non-hydrogen) atoms. The third kappa shape index (κ3) is 3.51. The highest BCUT2D eigenvalue weighted by Crippen LogP contribution is 2.29. The van der Waals surface area contributed by atoms with E-state index in [2.05, 4.69) is 21.5 Å². The van der Waals surface area contributed by atoms with E-state index in [-0.39, 0.29) is 0 Å². The third-order valence-electron chi connectivity index (χ3n) is 3.24. The highest BCUT2D eigenvalue weighted by Gasteiger charge is 2.24. The molecule has 100 valence electrons. The molecule has 0 aliphatic heterocycles. The number of hydrogen-bond donors (Lipinski definition) is 1. The Morgan fingerprint density at radius 2 is 2.28 bits per heavy atom. The molecule has 1 fully saturated rings. The summed E-state index contributed by atoms with van der Waals surface area (Å²) >= 11 is 1.94. The maximum atomic E-state index is 5.39. The lowest BCUT2D eigenvalue weighted by atomic mass is 9.95. The number of ether oxygens (including phenoxy) is 1. The molecule has 2 unspecified atom stereocenters. The summed E-state index contributed by atoms with van der Waals surface area (Å²) in [6.45, 7) is 2.59. The molecular formula is C13H21N3OS. The molecule has 0 spiro atoms. The van der Waals surface area contributed by atoms with Crippen LogP contribution in [-0.4, -0.2) is 34.1 Å². The first-order valence-electron chi connectivity index (χ1n) is 6.58. The lowest BCUT2D eigenvalue weighted by Gasteiger charge is -2.30. The van der Waals surface area contributed by atoms with Crippen LogP contribution in [0.5, 0.6) is 5.88 Å². The summed E-state index contributed by atoms with van der Waals surface area (Å²) < 4.78 is 5.39. The second-order valence-electron chi connectivity index (χ2n) is 4.46. The number of hydrogen-bond acceptors (Lipinski definition) is 5. The predicted octanol–water partition coefficient (Wildman–Crippen LogP) is 2.96. The standard InChI is InChI=1S/C13H21N3OS/c1-3-17-12-8-9-14-13(16-12)15-10-6-4-5-7-11(10)18-2/h8-11H,3-7H2,1-2H3,(H,14,15,16). The van der Waals surface area contributed by atoms with E-state index in [4.69, 9.17) is 4.74 Å². The molecule has 0 radical (unpaired) electrons. The third-order valence-corrected chi connectivity index (χ3v) is 4.41. The molecule has 0 saturated heterocycles. The van der Waals surface area contributed by atoms with Gasteiger partial charge in [-0.05, 0) is 26.0 Å². The van der Waals surface area contributed by atoms with Gasteiger partial charge in [0.15, 0.2) is 0 Å². The van der Waals surface area contributed by atoms with Crippen LogP contribution in [0.25, 0.3) is 0 Å². The Balaban J connectivity index is 2.00. The fraction of sp³-hybridized carbons (Fsp3) is 0.692. The van der Waals surface area contributed by atoms with Crippen molar-refractivity contribution in [3.8, 4) is 5.88 Å². The van der Waals surface area contributed by atoms with Crippen molar-refractivity contribution in [3.05, 3.63) is 12.3 Å². The van der Waals surface area contributed by atoms with E-state index in [9.17, 15) is 0 Å². The smallest absolute Gasteiger partial charge is 0.226 e. The number of aromatic nitrogens is 2. The number of rotatable bonds is 5. The van der Waals surface area contributed by atoms with Crippen LogP contribution in [0.2, 0.25) is 0 Å². The molecule has 0 bridgehead atoms. The van der Waals surface area contributed by atoms with E-state index in [1.54, 1.807) is 12.3 Å². The minimum atomic E-state index is 0.477. The molecule has 1 aromatic rings. The van der Waals surface area contributed by atoms with Crippen LogP contribution >= 0.6 is 11.8 Å². The first kappa shape index (κ1) is 13.5. The monoisotopic (exact) mass is 267 g/mol. The number of nitrogens with zero attached hydrogens (tertiary/aromatic N) is 2. The first-order valence-corrected chi connectivity index (χ1v) is 7.87. The van der Waals surface area contributed by atoms with Crippen molar-refractivity contribution < 1.29 is 4.74 Å². The summed E-state index contributed by atoms with van der Waals surface area (Å²) in [4.78, 5) is 8.64. The zero-order chi connectivity index (χ0) is 12.8. The molecule has 2 atom stereocenters. The number of thioether (sulfide) groups is 1. The Morgan fingerprint density at radius 1 is 1.44 bits per heavy atom. The van der Waals surface area contributed by atoms with Crippen molar-refractivity contribution in [2.45, 2.75) is 43.9 Å². The van der Waals surface area contributed by atoms with Crippen molar-refractivity contribution in [2.24, 2.45) is 0 Å². The van der Waals surface area contributed by atoms with Gasteiger partial charge in [0.25, 0.3) is 0 Å². The molecule has 1 heterocycles. The Morgan fingerprint density at radius 3 is 3.06 bits per heavy atom. The first-order chi connectivity index (χ1) is 8.83. The molecule has 0 aromatic carbocycles. The van der Waals surface area contributed by atoms with Gasteiger partial charge in [0.05, 0.1) is 6.61 Å². The maximum Gasteiger partial charge on any atom is 0.226 e. The summed E-state index contributed by atoms with van der Waals surface area (Å²) in [6.07, 6.45) is 9.04. The zero-order valence-electron chi connectivity index (χ0n) is 11.1.